The number of thioether (sulfide) groups is 2. The molecular formula is C28H19N3O2S3. The highest BCUT2D eigenvalue weighted by molar-refractivity contribution is 8.29. The van der Waals surface area contributed by atoms with Gasteiger partial charge < -0.3 is 0 Å². The normalized spacial score (nSPS) is 20.4. The van der Waals surface area contributed by atoms with Crippen LogP contribution >= 0.6 is 34.9 Å². The molecule has 5 nitrogen and oxygen atoms in total. The van der Waals surface area contributed by atoms with Crippen molar-refractivity contribution in [3.63, 3.8) is 0 Å². The third kappa shape index (κ3) is 3.97. The van der Waals surface area contributed by atoms with Gasteiger partial charge in [0.1, 0.15) is 0 Å². The van der Waals surface area contributed by atoms with Crippen molar-refractivity contribution in [3.05, 3.63) is 124 Å². The molecule has 3 heterocycles. The number of carbonyl (C=O) groups excluding carboxylic acids is 2. The van der Waals surface area contributed by atoms with E-state index in [1.54, 1.807) is 16.0 Å². The number of para-hydroxylation sites is 2. The molecule has 1 saturated heterocycles. The summed E-state index contributed by atoms with van der Waals surface area (Å²) in [6, 6.07) is 32.7. The summed E-state index contributed by atoms with van der Waals surface area (Å²) in [5.74, 6) is -0.280. The fourth-order valence-corrected chi connectivity index (χ4v) is 7.73. The minimum atomic E-state index is -1.04. The lowest BCUT2D eigenvalue weighted by atomic mass is 10.2. The number of hydrogen-bond acceptors (Lipinski definition) is 7. The second kappa shape index (κ2) is 9.46. The number of benzene rings is 3. The molecule has 0 bridgehead atoms. The van der Waals surface area contributed by atoms with Gasteiger partial charge in [-0.15, -0.1) is 11.3 Å². The molecule has 0 saturated carbocycles. The van der Waals surface area contributed by atoms with Gasteiger partial charge in [0.05, 0.1) is 15.5 Å². The topological polar surface area (TPSA) is 53.0 Å². The van der Waals surface area contributed by atoms with Crippen LogP contribution < -0.4 is 9.91 Å². The van der Waals surface area contributed by atoms with Crippen LogP contribution in [0.1, 0.15) is 15.2 Å². The number of anilines is 2. The van der Waals surface area contributed by atoms with Crippen LogP contribution in [0.2, 0.25) is 0 Å². The molecule has 1 atom stereocenters. The van der Waals surface area contributed by atoms with Crippen molar-refractivity contribution in [2.45, 2.75) is 4.33 Å². The molecule has 6 rings (SSSR count). The lowest BCUT2D eigenvalue weighted by molar-refractivity contribution is -0.114. The van der Waals surface area contributed by atoms with Crippen molar-refractivity contribution < 1.29 is 9.59 Å². The summed E-state index contributed by atoms with van der Waals surface area (Å²) < 4.78 is -1.04. The maximum Gasteiger partial charge on any atom is 0.268 e. The van der Waals surface area contributed by atoms with E-state index in [2.05, 4.69) is 0 Å². The first kappa shape index (κ1) is 22.8. The second-order valence-electron chi connectivity index (χ2n) is 8.01. The molecule has 1 fully saturated rings. The highest BCUT2D eigenvalue weighted by Gasteiger charge is 2.60. The van der Waals surface area contributed by atoms with Gasteiger partial charge in [-0.25, -0.2) is 5.01 Å². The second-order valence-corrected chi connectivity index (χ2v) is 11.6. The van der Waals surface area contributed by atoms with E-state index in [1.165, 1.54) is 34.9 Å². The molecule has 0 unspecified atom stereocenters. The van der Waals surface area contributed by atoms with Crippen molar-refractivity contribution in [2.75, 3.05) is 9.91 Å². The Hall–Kier alpha value is -3.59. The quantitative estimate of drug-likeness (QED) is 0.209. The van der Waals surface area contributed by atoms with Crippen LogP contribution in [0.25, 0.3) is 6.08 Å². The van der Waals surface area contributed by atoms with Crippen LogP contribution in [0.5, 0.6) is 0 Å². The fraction of sp³-hybridized carbons (Fsp3) is 0.0357. The highest BCUT2D eigenvalue weighted by Crippen LogP contribution is 2.59. The number of carbonyl (C=O) groups is 2. The third-order valence-electron chi connectivity index (χ3n) is 5.68. The average molecular weight is 526 g/mol. The number of rotatable bonds is 5. The number of Topliss-reactive ketones (excluding diaryl/α,β-unsaturated/α-hetero) is 1. The largest absolute Gasteiger partial charge is 0.285 e. The zero-order chi connectivity index (χ0) is 24.5. The predicted octanol–water partition coefficient (Wildman–Crippen LogP) is 6.93. The Morgan fingerprint density at radius 3 is 2.06 bits per heavy atom. The molecule has 0 aliphatic carbocycles. The molecule has 3 aromatic carbocycles. The summed E-state index contributed by atoms with van der Waals surface area (Å²) in [5, 5.41) is 8.86. The lowest BCUT2D eigenvalue weighted by Crippen LogP contribution is -2.51. The maximum absolute atomic E-state index is 14.0. The van der Waals surface area contributed by atoms with Gasteiger partial charge in [-0.1, -0.05) is 84.6 Å². The molecule has 4 aromatic rings. The molecule has 2 aliphatic rings. The van der Waals surface area contributed by atoms with E-state index >= 15 is 0 Å². The van der Waals surface area contributed by atoms with Crippen molar-refractivity contribution in [1.82, 2.24) is 0 Å². The van der Waals surface area contributed by atoms with E-state index < -0.39 is 4.33 Å². The number of ketones is 1. The van der Waals surface area contributed by atoms with Crippen LogP contribution in [0.15, 0.2) is 119 Å². The highest BCUT2D eigenvalue weighted by atomic mass is 32.2. The first-order chi connectivity index (χ1) is 17.7. The van der Waals surface area contributed by atoms with Crippen molar-refractivity contribution in [3.8, 4) is 0 Å². The van der Waals surface area contributed by atoms with E-state index in [9.17, 15) is 9.59 Å². The molecule has 1 amide bonds. The number of thiophene rings is 1. The van der Waals surface area contributed by atoms with Gasteiger partial charge in [0.15, 0.2) is 5.04 Å². The SMILES string of the molecule is O=C(C1=NN(c2ccccc2)[C@]2(S1)S/C(=C\c1ccccc1)C(=O)N2c1ccccc1)c1cccs1. The summed E-state index contributed by atoms with van der Waals surface area (Å²) in [6.45, 7) is 0. The summed E-state index contributed by atoms with van der Waals surface area (Å²) in [4.78, 5) is 30.4. The predicted molar refractivity (Wildman–Crippen MR) is 151 cm³/mol. The van der Waals surface area contributed by atoms with E-state index in [0.29, 0.717) is 14.8 Å². The van der Waals surface area contributed by atoms with Gasteiger partial charge in [0.2, 0.25) is 10.1 Å². The molecule has 0 radical (unpaired) electrons. The summed E-state index contributed by atoms with van der Waals surface area (Å²) >= 11 is 4.11. The molecule has 36 heavy (non-hydrogen) atoms. The zero-order valence-corrected chi connectivity index (χ0v) is 21.3. The van der Waals surface area contributed by atoms with Gasteiger partial charge in [-0.2, -0.15) is 5.10 Å². The Bertz CT molecular complexity index is 1470. The van der Waals surface area contributed by atoms with Crippen LogP contribution in [-0.4, -0.2) is 21.1 Å². The van der Waals surface area contributed by atoms with E-state index in [0.717, 1.165) is 16.9 Å². The Kier molecular flexibility index (Phi) is 6.00. The van der Waals surface area contributed by atoms with Gasteiger partial charge in [-0.05, 0) is 59.1 Å². The monoisotopic (exact) mass is 525 g/mol. The van der Waals surface area contributed by atoms with Crippen LogP contribution in [0, 0.1) is 0 Å². The molecule has 8 heteroatoms. The Labute approximate surface area is 221 Å². The Morgan fingerprint density at radius 2 is 1.42 bits per heavy atom. The number of amides is 1. The Morgan fingerprint density at radius 1 is 0.778 bits per heavy atom. The van der Waals surface area contributed by atoms with Crippen LogP contribution in [0.3, 0.4) is 0 Å². The van der Waals surface area contributed by atoms with Gasteiger partial charge >= 0.3 is 0 Å². The minimum absolute atomic E-state index is 0.136. The van der Waals surface area contributed by atoms with Crippen LogP contribution in [-0.2, 0) is 4.79 Å². The number of hydrogen-bond donors (Lipinski definition) is 0. The number of nitrogens with zero attached hydrogens (tertiary/aromatic N) is 3. The van der Waals surface area contributed by atoms with Gasteiger partial charge in [0, 0.05) is 5.69 Å². The van der Waals surface area contributed by atoms with E-state index in [4.69, 9.17) is 5.10 Å². The molecule has 1 aromatic heterocycles. The Balaban J connectivity index is 1.52. The van der Waals surface area contributed by atoms with Gasteiger partial charge in [0.25, 0.3) is 5.91 Å². The molecule has 0 N–H and O–H groups in total. The van der Waals surface area contributed by atoms with Crippen molar-refractivity contribution >= 4 is 69.0 Å². The zero-order valence-electron chi connectivity index (χ0n) is 18.9. The average Bonchev–Trinajstić information content (AvgIpc) is 3.65. The number of hydrazone groups is 1. The first-order valence-corrected chi connectivity index (χ1v) is 13.7. The fourth-order valence-electron chi connectivity index (χ4n) is 4.06. The molecule has 1 spiro atoms. The van der Waals surface area contributed by atoms with Crippen LogP contribution in [0.4, 0.5) is 11.4 Å². The van der Waals surface area contributed by atoms with Crippen molar-refractivity contribution in [1.29, 1.82) is 0 Å². The smallest absolute Gasteiger partial charge is 0.268 e. The minimum Gasteiger partial charge on any atom is -0.285 e. The summed E-state index contributed by atoms with van der Waals surface area (Å²) in [7, 11) is 0. The summed E-state index contributed by atoms with van der Waals surface area (Å²) in [6.07, 6.45) is 1.90. The first-order valence-electron chi connectivity index (χ1n) is 11.2. The third-order valence-corrected chi connectivity index (χ3v) is 9.26. The van der Waals surface area contributed by atoms with E-state index in [1.807, 2.05) is 109 Å². The maximum atomic E-state index is 14.0. The summed E-state index contributed by atoms with van der Waals surface area (Å²) in [5.41, 5.74) is 2.46. The van der Waals surface area contributed by atoms with Crippen molar-refractivity contribution in [2.24, 2.45) is 5.10 Å². The standard InChI is InChI=1S/C28H19N3O2S3/c32-25(23-17-10-18-34-23)26-29-31(22-15-8-3-9-16-22)28(36-26)30(21-13-6-2-7-14-21)27(33)24(35-28)19-20-11-4-1-5-12-20/h1-19H/b24-19-/t28-/m0/s1. The molecule has 2 aliphatic heterocycles. The van der Waals surface area contributed by atoms with E-state index in [-0.39, 0.29) is 11.7 Å². The molecule has 176 valence electrons. The van der Waals surface area contributed by atoms with Gasteiger partial charge in [-0.3, -0.25) is 14.5 Å². The molecular weight excluding hydrogens is 507 g/mol. The lowest BCUT2D eigenvalue weighted by Gasteiger charge is -2.38.